The lowest BCUT2D eigenvalue weighted by Gasteiger charge is -2.31. The highest BCUT2D eigenvalue weighted by Crippen LogP contribution is 2.27. The van der Waals surface area contributed by atoms with E-state index in [0.29, 0.717) is 48.8 Å². The van der Waals surface area contributed by atoms with Crippen molar-refractivity contribution in [2.75, 3.05) is 6.54 Å². The number of carbonyl (C=O) groups excluding carboxylic acids is 3. The van der Waals surface area contributed by atoms with Crippen molar-refractivity contribution < 1.29 is 23.7 Å². The molecule has 3 aromatic rings. The van der Waals surface area contributed by atoms with Gasteiger partial charge in [-0.2, -0.15) is 0 Å². The Hall–Kier alpha value is -3.91. The van der Waals surface area contributed by atoms with Crippen molar-refractivity contribution in [3.8, 4) is 11.1 Å². The molecule has 0 aliphatic heterocycles. The zero-order valence-electron chi connectivity index (χ0n) is 24.5. The lowest BCUT2D eigenvalue weighted by molar-refractivity contribution is -0.306. The van der Waals surface area contributed by atoms with Crippen LogP contribution in [-0.2, 0) is 43.1 Å². The van der Waals surface area contributed by atoms with Crippen LogP contribution in [0.5, 0.6) is 0 Å². The van der Waals surface area contributed by atoms with Gasteiger partial charge in [-0.15, -0.1) is 0 Å². The number of hydrogen-bond acceptors (Lipinski definition) is 5. The van der Waals surface area contributed by atoms with Gasteiger partial charge in [-0.25, -0.2) is 0 Å². The maximum absolute atomic E-state index is 13.4. The van der Waals surface area contributed by atoms with Gasteiger partial charge < -0.3 is 20.5 Å². The van der Waals surface area contributed by atoms with Crippen molar-refractivity contribution >= 4 is 29.5 Å². The fourth-order valence-electron chi connectivity index (χ4n) is 5.86. The minimum atomic E-state index is -1.27. The van der Waals surface area contributed by atoms with Gasteiger partial charge in [0.25, 0.3) is 4.90 Å². The van der Waals surface area contributed by atoms with Gasteiger partial charge in [0.15, 0.2) is 0 Å². The van der Waals surface area contributed by atoms with Gasteiger partial charge in [-0.05, 0) is 73.1 Å². The molecule has 43 heavy (non-hydrogen) atoms. The van der Waals surface area contributed by atoms with E-state index < -0.39 is 23.8 Å². The van der Waals surface area contributed by atoms with Crippen LogP contribution in [0.15, 0.2) is 83.8 Å². The molecule has 1 saturated carbocycles. The summed E-state index contributed by atoms with van der Waals surface area (Å²) in [5.74, 6) is -2.67. The van der Waals surface area contributed by atoms with E-state index in [4.69, 9.17) is 0 Å². The Labute approximate surface area is 258 Å². The molecule has 0 spiro atoms. The molecule has 3 aromatic carbocycles. The number of carboxylic acids is 1. The third-order valence-corrected chi connectivity index (χ3v) is 8.76. The number of carboxylic acid groups (broad SMARTS) is 1. The Morgan fingerprint density at radius 1 is 0.791 bits per heavy atom. The van der Waals surface area contributed by atoms with E-state index in [1.165, 1.54) is 0 Å². The van der Waals surface area contributed by atoms with Crippen LogP contribution >= 0.6 is 0 Å². The highest BCUT2D eigenvalue weighted by molar-refractivity contribution is 7.65. The maximum atomic E-state index is 13.4. The maximum Gasteiger partial charge on any atom is 0.505 e. The van der Waals surface area contributed by atoms with Gasteiger partial charge in [0.2, 0.25) is 11.8 Å². The second-order valence-corrected chi connectivity index (χ2v) is 12.0. The molecule has 2 N–H and O–H groups in total. The minimum Gasteiger partial charge on any atom is -0.550 e. The molecule has 226 valence electrons. The normalized spacial score (nSPS) is 14.8. The summed E-state index contributed by atoms with van der Waals surface area (Å²) in [5, 5.41) is 17.5. The van der Waals surface area contributed by atoms with Crippen LogP contribution < -0.4 is 15.7 Å². The molecule has 4 rings (SSSR count). The Balaban J connectivity index is 1.34. The number of amides is 2. The molecular weight excluding hydrogens is 560 g/mol. The first kappa shape index (κ1) is 32.0. The van der Waals surface area contributed by atoms with E-state index in [1.54, 1.807) is 12.1 Å². The standard InChI is InChI=1S/C35H40N2O5S/c38-32(39)24-30(13-7-8-25-14-18-28(19-15-25)27-9-3-1-4-10-27)34(40)37-33(29-11-5-2-6-12-29)35(41)36-23-22-26-16-20-31(43-42)21-17-26/h1,3-4,9-10,14-21,29-30,33H,2,5-8,11-13,22-24H2,(H2-,36,37,38,39,40,41). The first-order valence-corrected chi connectivity index (χ1v) is 16.0. The van der Waals surface area contributed by atoms with E-state index >= 15 is 0 Å². The summed E-state index contributed by atoms with van der Waals surface area (Å²) in [4.78, 5) is 39.0. The minimum absolute atomic E-state index is 0.0118. The number of carbonyl (C=O) groups is 3. The molecular formula is C35H40N2O5S. The van der Waals surface area contributed by atoms with Crippen molar-refractivity contribution in [1.82, 2.24) is 10.6 Å². The molecule has 0 aromatic heterocycles. The second-order valence-electron chi connectivity index (χ2n) is 11.4. The van der Waals surface area contributed by atoms with Gasteiger partial charge in [-0.3, -0.25) is 9.59 Å². The highest BCUT2D eigenvalue weighted by atomic mass is 32.1. The monoisotopic (exact) mass is 600 g/mol. The van der Waals surface area contributed by atoms with E-state index in [-0.39, 0.29) is 18.2 Å². The first-order valence-electron chi connectivity index (χ1n) is 15.2. The van der Waals surface area contributed by atoms with Gasteiger partial charge in [-0.1, -0.05) is 86.0 Å². The second kappa shape index (κ2) is 16.7. The molecule has 0 bridgehead atoms. The van der Waals surface area contributed by atoms with Gasteiger partial charge in [0, 0.05) is 34.8 Å². The number of hydrogen-bond donors (Lipinski definition) is 2. The van der Waals surface area contributed by atoms with Crippen LogP contribution in [0, 0.1) is 11.8 Å². The summed E-state index contributed by atoms with van der Waals surface area (Å²) in [6.45, 7) is 0.396. The summed E-state index contributed by atoms with van der Waals surface area (Å²) >= 11 is 0.440. The molecule has 2 amide bonds. The van der Waals surface area contributed by atoms with Crippen LogP contribution in [0.25, 0.3) is 11.1 Å². The molecule has 1 fully saturated rings. The van der Waals surface area contributed by atoms with Crippen molar-refractivity contribution in [2.24, 2.45) is 11.8 Å². The molecule has 2 unspecified atom stereocenters. The fraction of sp³-hybridized carbons (Fsp3) is 0.400. The quantitative estimate of drug-likeness (QED) is 0.247. The first-order chi connectivity index (χ1) is 20.9. The van der Waals surface area contributed by atoms with Gasteiger partial charge in [0.1, 0.15) is 6.04 Å². The smallest absolute Gasteiger partial charge is 0.505 e. The number of aliphatic carboxylic acids is 1. The van der Waals surface area contributed by atoms with Crippen LogP contribution in [0.4, 0.5) is 0 Å². The molecule has 7 nitrogen and oxygen atoms in total. The van der Waals surface area contributed by atoms with Crippen LogP contribution in [-0.4, -0.2) is 30.4 Å². The number of benzene rings is 3. The number of aryl methyl sites for hydroxylation is 1. The number of rotatable bonds is 15. The Morgan fingerprint density at radius 3 is 2.07 bits per heavy atom. The molecule has 0 radical (unpaired) electrons. The molecule has 0 saturated heterocycles. The summed E-state index contributed by atoms with van der Waals surface area (Å²) in [7, 11) is 0. The molecule has 1 aliphatic carbocycles. The van der Waals surface area contributed by atoms with E-state index in [0.717, 1.165) is 54.4 Å². The summed E-state index contributed by atoms with van der Waals surface area (Å²) in [6.07, 6.45) is 6.75. The van der Waals surface area contributed by atoms with Crippen LogP contribution in [0.1, 0.15) is 62.5 Å². The summed E-state index contributed by atoms with van der Waals surface area (Å²) in [6, 6.07) is 25.0. The third kappa shape index (κ3) is 10.1. The van der Waals surface area contributed by atoms with Crippen LogP contribution in [0.3, 0.4) is 0 Å². The Morgan fingerprint density at radius 2 is 1.42 bits per heavy atom. The lowest BCUT2D eigenvalue weighted by Crippen LogP contribution is -2.53. The summed E-state index contributed by atoms with van der Waals surface area (Å²) in [5.41, 5.74) is 4.39. The molecule has 8 heteroatoms. The molecule has 0 heterocycles. The predicted octanol–water partition coefficient (Wildman–Crippen LogP) is 4.64. The van der Waals surface area contributed by atoms with Crippen molar-refractivity contribution in [2.45, 2.75) is 75.1 Å². The third-order valence-electron chi connectivity index (χ3n) is 8.30. The van der Waals surface area contributed by atoms with Crippen molar-refractivity contribution in [1.29, 1.82) is 0 Å². The van der Waals surface area contributed by atoms with E-state index in [1.807, 2.05) is 30.3 Å². The average molecular weight is 601 g/mol. The van der Waals surface area contributed by atoms with E-state index in [9.17, 15) is 23.7 Å². The van der Waals surface area contributed by atoms with Crippen molar-refractivity contribution in [3.05, 3.63) is 90.0 Å². The largest absolute Gasteiger partial charge is 0.550 e. The Bertz CT molecular complexity index is 1340. The fourth-order valence-corrected chi connectivity index (χ4v) is 6.11. The van der Waals surface area contributed by atoms with E-state index in [2.05, 4.69) is 47.0 Å². The zero-order chi connectivity index (χ0) is 30.4. The van der Waals surface area contributed by atoms with Crippen LogP contribution in [0.2, 0.25) is 0 Å². The highest BCUT2D eigenvalue weighted by Gasteiger charge is 2.32. The average Bonchev–Trinajstić information content (AvgIpc) is 3.04. The SMILES string of the molecule is O=[S+]c1ccc(CCNC(=O)C(NC(=O)C(CCCc2ccc(-c3ccccc3)cc2)CC(=O)[O-])C2CCCCC2)cc1. The van der Waals surface area contributed by atoms with Gasteiger partial charge >= 0.3 is 11.7 Å². The topological polar surface area (TPSA) is 115 Å². The molecule has 1 aliphatic rings. The predicted molar refractivity (Wildman–Crippen MR) is 166 cm³/mol. The lowest BCUT2D eigenvalue weighted by atomic mass is 9.83. The summed E-state index contributed by atoms with van der Waals surface area (Å²) < 4.78 is 10.9. The Kier molecular flexibility index (Phi) is 12.4. The van der Waals surface area contributed by atoms with Gasteiger partial charge in [0.05, 0.1) is 0 Å². The number of nitrogens with one attached hydrogen (secondary N) is 2. The van der Waals surface area contributed by atoms with Crippen molar-refractivity contribution in [3.63, 3.8) is 0 Å². The zero-order valence-corrected chi connectivity index (χ0v) is 25.3. The molecule has 2 atom stereocenters.